The largest absolute Gasteiger partial charge is 0.475 e. The maximum Gasteiger partial charge on any atom is 0.374 e. The molecule has 3 rings (SSSR count). The van der Waals surface area contributed by atoms with E-state index in [1.54, 1.807) is 24.3 Å². The number of aryl methyl sites for hydroxylation is 1. The molecule has 3 aromatic rings. The Morgan fingerprint density at radius 3 is 2.27 bits per heavy atom. The predicted octanol–water partition coefficient (Wildman–Crippen LogP) is 4.99. The van der Waals surface area contributed by atoms with Crippen LogP contribution in [0, 0.1) is 6.92 Å². The lowest BCUT2D eigenvalue weighted by Gasteiger charge is -2.19. The molecule has 2 aromatic carbocycles. The Kier molecular flexibility index (Phi) is 4.32. The summed E-state index contributed by atoms with van der Waals surface area (Å²) in [4.78, 5) is 24.1. The van der Waals surface area contributed by atoms with Crippen LogP contribution in [0.1, 0.15) is 52.8 Å². The standard InChI is InChI=1S/C21H21NO4/c1-12-5-10-16-15(11-12)17(18(26-16)20(24)25)22-19(23)13-6-8-14(9-7-13)21(2,3)4/h5-11H,1-4H3,(H,22,23)(H,24,25). The molecule has 0 spiro atoms. The Balaban J connectivity index is 1.97. The first-order chi connectivity index (χ1) is 12.2. The number of carbonyl (C=O) groups excluding carboxylic acids is 1. The first-order valence-electron chi connectivity index (χ1n) is 8.35. The van der Waals surface area contributed by atoms with E-state index in [4.69, 9.17) is 4.42 Å². The molecule has 0 aliphatic carbocycles. The number of furan rings is 1. The third-order valence-electron chi connectivity index (χ3n) is 4.29. The number of carbonyl (C=O) groups is 2. The molecule has 0 fully saturated rings. The van der Waals surface area contributed by atoms with E-state index < -0.39 is 5.97 Å². The van der Waals surface area contributed by atoms with Crippen LogP contribution < -0.4 is 5.32 Å². The van der Waals surface area contributed by atoms with Gasteiger partial charge in [0.15, 0.2) is 0 Å². The third kappa shape index (κ3) is 3.33. The van der Waals surface area contributed by atoms with E-state index in [1.165, 1.54) is 0 Å². The predicted molar refractivity (Wildman–Crippen MR) is 101 cm³/mol. The van der Waals surface area contributed by atoms with Gasteiger partial charge < -0.3 is 14.8 Å². The summed E-state index contributed by atoms with van der Waals surface area (Å²) >= 11 is 0. The number of carboxylic acids is 1. The van der Waals surface area contributed by atoms with E-state index in [0.717, 1.165) is 11.1 Å². The van der Waals surface area contributed by atoms with E-state index in [1.807, 2.05) is 25.1 Å². The van der Waals surface area contributed by atoms with Gasteiger partial charge in [-0.3, -0.25) is 4.79 Å². The van der Waals surface area contributed by atoms with Crippen molar-refractivity contribution < 1.29 is 19.1 Å². The fourth-order valence-electron chi connectivity index (χ4n) is 2.79. The number of hydrogen-bond acceptors (Lipinski definition) is 3. The molecule has 0 bridgehead atoms. The SMILES string of the molecule is Cc1ccc2oc(C(=O)O)c(NC(=O)c3ccc(C(C)(C)C)cc3)c2c1. The lowest BCUT2D eigenvalue weighted by Crippen LogP contribution is -2.15. The quantitative estimate of drug-likeness (QED) is 0.697. The van der Waals surface area contributed by atoms with Crippen LogP contribution in [0.15, 0.2) is 46.9 Å². The molecule has 26 heavy (non-hydrogen) atoms. The van der Waals surface area contributed by atoms with Crippen LogP contribution in [0.25, 0.3) is 11.0 Å². The summed E-state index contributed by atoms with van der Waals surface area (Å²) in [6, 6.07) is 12.6. The Bertz CT molecular complexity index is 991. The van der Waals surface area contributed by atoms with Crippen molar-refractivity contribution in [3.05, 3.63) is 64.9 Å². The molecule has 0 aliphatic rings. The summed E-state index contributed by atoms with van der Waals surface area (Å²) in [6.45, 7) is 8.19. The maximum atomic E-state index is 12.6. The van der Waals surface area contributed by atoms with E-state index in [-0.39, 0.29) is 22.8 Å². The van der Waals surface area contributed by atoms with Gasteiger partial charge in [-0.1, -0.05) is 44.5 Å². The molecule has 2 N–H and O–H groups in total. The second kappa shape index (κ2) is 6.33. The lowest BCUT2D eigenvalue weighted by atomic mass is 9.87. The van der Waals surface area contributed by atoms with Crippen molar-refractivity contribution >= 4 is 28.5 Å². The minimum atomic E-state index is -1.22. The molecule has 0 radical (unpaired) electrons. The van der Waals surface area contributed by atoms with Crippen molar-refractivity contribution in [1.29, 1.82) is 0 Å². The van der Waals surface area contributed by atoms with Crippen LogP contribution in [0.5, 0.6) is 0 Å². The topological polar surface area (TPSA) is 79.5 Å². The van der Waals surface area contributed by atoms with Gasteiger partial charge in [-0.15, -0.1) is 0 Å². The zero-order valence-electron chi connectivity index (χ0n) is 15.2. The summed E-state index contributed by atoms with van der Waals surface area (Å²) in [7, 11) is 0. The number of aromatic carboxylic acids is 1. The Labute approximate surface area is 151 Å². The van der Waals surface area contributed by atoms with Gasteiger partial charge in [0.05, 0.1) is 0 Å². The zero-order valence-corrected chi connectivity index (χ0v) is 15.2. The second-order valence-electron chi connectivity index (χ2n) is 7.39. The summed E-state index contributed by atoms with van der Waals surface area (Å²) < 4.78 is 5.40. The zero-order chi connectivity index (χ0) is 19.1. The molecule has 5 heteroatoms. The molecule has 0 unspecified atom stereocenters. The fourth-order valence-corrected chi connectivity index (χ4v) is 2.79. The molecule has 0 aliphatic heterocycles. The summed E-state index contributed by atoms with van der Waals surface area (Å²) in [5.74, 6) is -1.88. The smallest absolute Gasteiger partial charge is 0.374 e. The van der Waals surface area contributed by atoms with Crippen molar-refractivity contribution in [2.75, 3.05) is 5.32 Å². The van der Waals surface area contributed by atoms with Gasteiger partial charge in [0.1, 0.15) is 11.3 Å². The molecule has 134 valence electrons. The molecule has 5 nitrogen and oxygen atoms in total. The van der Waals surface area contributed by atoms with Gasteiger partial charge in [-0.25, -0.2) is 4.79 Å². The molecule has 1 heterocycles. The average molecular weight is 351 g/mol. The minimum Gasteiger partial charge on any atom is -0.475 e. The third-order valence-corrected chi connectivity index (χ3v) is 4.29. The Hall–Kier alpha value is -3.08. The van der Waals surface area contributed by atoms with Gasteiger partial charge in [-0.05, 0) is 42.2 Å². The van der Waals surface area contributed by atoms with Crippen LogP contribution >= 0.6 is 0 Å². The fraction of sp³-hybridized carbons (Fsp3) is 0.238. The van der Waals surface area contributed by atoms with Crippen molar-refractivity contribution in [3.63, 3.8) is 0 Å². The number of fused-ring (bicyclic) bond motifs is 1. The van der Waals surface area contributed by atoms with E-state index >= 15 is 0 Å². The molecule has 1 amide bonds. The number of nitrogens with one attached hydrogen (secondary N) is 1. The number of hydrogen-bond donors (Lipinski definition) is 2. The van der Waals surface area contributed by atoms with Gasteiger partial charge in [-0.2, -0.15) is 0 Å². The van der Waals surface area contributed by atoms with Crippen LogP contribution in [-0.2, 0) is 5.41 Å². The van der Waals surface area contributed by atoms with Crippen molar-refractivity contribution in [3.8, 4) is 0 Å². The first-order valence-corrected chi connectivity index (χ1v) is 8.35. The Morgan fingerprint density at radius 1 is 1.04 bits per heavy atom. The molecule has 1 aromatic heterocycles. The van der Waals surface area contributed by atoms with Gasteiger partial charge in [0, 0.05) is 10.9 Å². The molecule has 0 saturated heterocycles. The van der Waals surface area contributed by atoms with E-state index in [2.05, 4.69) is 26.1 Å². The summed E-state index contributed by atoms with van der Waals surface area (Å²) in [5, 5.41) is 12.7. The lowest BCUT2D eigenvalue weighted by molar-refractivity contribution is 0.0666. The van der Waals surface area contributed by atoms with Crippen molar-refractivity contribution in [2.45, 2.75) is 33.1 Å². The summed E-state index contributed by atoms with van der Waals surface area (Å²) in [6.07, 6.45) is 0. The highest BCUT2D eigenvalue weighted by Gasteiger charge is 2.22. The number of amides is 1. The molecular formula is C21H21NO4. The molecule has 0 atom stereocenters. The number of rotatable bonds is 3. The highest BCUT2D eigenvalue weighted by molar-refractivity contribution is 6.13. The van der Waals surface area contributed by atoms with Gasteiger partial charge >= 0.3 is 5.97 Å². The maximum absolute atomic E-state index is 12.6. The first kappa shape index (κ1) is 17.7. The van der Waals surface area contributed by atoms with Crippen LogP contribution in [0.4, 0.5) is 5.69 Å². The van der Waals surface area contributed by atoms with Crippen LogP contribution in [0.2, 0.25) is 0 Å². The van der Waals surface area contributed by atoms with E-state index in [9.17, 15) is 14.7 Å². The molecular weight excluding hydrogens is 330 g/mol. The van der Waals surface area contributed by atoms with Gasteiger partial charge in [0.2, 0.25) is 5.76 Å². The van der Waals surface area contributed by atoms with Crippen molar-refractivity contribution in [1.82, 2.24) is 0 Å². The highest BCUT2D eigenvalue weighted by Crippen LogP contribution is 2.32. The highest BCUT2D eigenvalue weighted by atomic mass is 16.4. The van der Waals surface area contributed by atoms with Crippen LogP contribution in [-0.4, -0.2) is 17.0 Å². The van der Waals surface area contributed by atoms with E-state index in [0.29, 0.717) is 16.5 Å². The minimum absolute atomic E-state index is 0.0101. The van der Waals surface area contributed by atoms with Gasteiger partial charge in [0.25, 0.3) is 5.91 Å². The summed E-state index contributed by atoms with van der Waals surface area (Å²) in [5.41, 5.74) is 3.11. The van der Waals surface area contributed by atoms with Crippen molar-refractivity contribution in [2.24, 2.45) is 0 Å². The second-order valence-corrected chi connectivity index (χ2v) is 7.39. The molecule has 0 saturated carbocycles. The average Bonchev–Trinajstić information content (AvgIpc) is 2.92. The number of benzene rings is 2. The normalized spacial score (nSPS) is 11.5. The number of carboxylic acid groups (broad SMARTS) is 1. The van der Waals surface area contributed by atoms with Crippen LogP contribution in [0.3, 0.4) is 0 Å². The number of anilines is 1. The Morgan fingerprint density at radius 2 is 1.69 bits per heavy atom. The monoisotopic (exact) mass is 351 g/mol.